The van der Waals surface area contributed by atoms with Crippen molar-refractivity contribution in [1.29, 1.82) is 0 Å². The van der Waals surface area contributed by atoms with Gasteiger partial charge in [0.05, 0.1) is 5.56 Å². The van der Waals surface area contributed by atoms with Crippen molar-refractivity contribution in [3.05, 3.63) is 76.6 Å². The number of Topliss-reactive ketones (excluding diaryl/α,β-unsaturated/α-hetero) is 2. The van der Waals surface area contributed by atoms with E-state index in [1.807, 2.05) is 4.90 Å². The molecular formula is C21H18N2O4. The maximum Gasteiger partial charge on any atom is 0.335 e. The summed E-state index contributed by atoms with van der Waals surface area (Å²) < 4.78 is 0. The van der Waals surface area contributed by atoms with E-state index >= 15 is 0 Å². The Morgan fingerprint density at radius 3 is 2.26 bits per heavy atom. The van der Waals surface area contributed by atoms with Crippen molar-refractivity contribution < 1.29 is 19.5 Å². The summed E-state index contributed by atoms with van der Waals surface area (Å²) in [6.07, 6.45) is 1.93. The Labute approximate surface area is 156 Å². The van der Waals surface area contributed by atoms with Crippen LogP contribution in [0.3, 0.4) is 0 Å². The molecule has 4 rings (SSSR count). The number of aromatic carboxylic acids is 1. The van der Waals surface area contributed by atoms with Crippen molar-refractivity contribution in [2.75, 3.05) is 18.4 Å². The molecule has 0 bridgehead atoms. The molecule has 0 unspecified atom stereocenters. The maximum absolute atomic E-state index is 13.1. The molecule has 6 nitrogen and oxygen atoms in total. The first kappa shape index (κ1) is 17.0. The molecule has 0 spiro atoms. The number of carbonyl (C=O) groups is 3. The molecule has 0 saturated carbocycles. The number of fused-ring (bicyclic) bond motifs is 1. The van der Waals surface area contributed by atoms with Gasteiger partial charge in [-0.15, -0.1) is 0 Å². The minimum absolute atomic E-state index is 0.110. The van der Waals surface area contributed by atoms with Gasteiger partial charge in [0.2, 0.25) is 11.6 Å². The molecule has 2 N–H and O–H groups in total. The number of benzene rings is 2. The molecule has 1 heterocycles. The fourth-order valence-electron chi connectivity index (χ4n) is 3.60. The molecule has 1 aliphatic carbocycles. The number of allylic oxidation sites excluding steroid dienone is 2. The lowest BCUT2D eigenvalue weighted by atomic mass is 9.89. The number of hydrogen-bond donors (Lipinski definition) is 2. The number of ketones is 2. The molecule has 0 radical (unpaired) electrons. The number of nitrogens with one attached hydrogen (secondary N) is 1. The lowest BCUT2D eigenvalue weighted by Crippen LogP contribution is -2.35. The summed E-state index contributed by atoms with van der Waals surface area (Å²) in [7, 11) is 0. The predicted molar refractivity (Wildman–Crippen MR) is 100.0 cm³/mol. The number of rotatable bonds is 4. The zero-order valence-electron chi connectivity index (χ0n) is 14.6. The third kappa shape index (κ3) is 2.99. The molecule has 6 heteroatoms. The fraction of sp³-hybridized carbons (Fsp3) is 0.190. The van der Waals surface area contributed by atoms with Gasteiger partial charge in [-0.05, 0) is 31.0 Å². The number of hydrogen-bond acceptors (Lipinski definition) is 5. The smallest absolute Gasteiger partial charge is 0.335 e. The van der Waals surface area contributed by atoms with Gasteiger partial charge in [0.1, 0.15) is 11.4 Å². The Morgan fingerprint density at radius 2 is 1.59 bits per heavy atom. The van der Waals surface area contributed by atoms with Crippen molar-refractivity contribution in [3.63, 3.8) is 0 Å². The Bertz CT molecular complexity index is 987. The second-order valence-corrected chi connectivity index (χ2v) is 6.63. The van der Waals surface area contributed by atoms with E-state index in [0.717, 1.165) is 25.9 Å². The Morgan fingerprint density at radius 1 is 0.926 bits per heavy atom. The first-order valence-corrected chi connectivity index (χ1v) is 8.84. The van der Waals surface area contributed by atoms with Crippen LogP contribution in [0.1, 0.15) is 43.9 Å². The highest BCUT2D eigenvalue weighted by atomic mass is 16.4. The van der Waals surface area contributed by atoms with E-state index in [9.17, 15) is 19.5 Å². The van der Waals surface area contributed by atoms with Gasteiger partial charge in [-0.25, -0.2) is 4.79 Å². The summed E-state index contributed by atoms with van der Waals surface area (Å²) in [5.74, 6) is -1.49. The summed E-state index contributed by atoms with van der Waals surface area (Å²) in [6.45, 7) is 1.44. The summed E-state index contributed by atoms with van der Waals surface area (Å²) in [4.78, 5) is 39.5. The zero-order valence-corrected chi connectivity index (χ0v) is 14.6. The highest BCUT2D eigenvalue weighted by molar-refractivity contribution is 6.27. The van der Waals surface area contributed by atoms with Crippen molar-refractivity contribution in [1.82, 2.24) is 4.90 Å². The van der Waals surface area contributed by atoms with Crippen LogP contribution in [-0.2, 0) is 0 Å². The van der Waals surface area contributed by atoms with E-state index in [4.69, 9.17) is 0 Å². The van der Waals surface area contributed by atoms with Crippen molar-refractivity contribution in [3.8, 4) is 0 Å². The Hall–Kier alpha value is -3.41. The van der Waals surface area contributed by atoms with Gasteiger partial charge >= 0.3 is 5.97 Å². The average molecular weight is 362 g/mol. The van der Waals surface area contributed by atoms with Crippen molar-refractivity contribution >= 4 is 23.2 Å². The molecule has 2 aromatic rings. The minimum atomic E-state index is -1.05. The van der Waals surface area contributed by atoms with Crippen LogP contribution in [0.4, 0.5) is 5.69 Å². The van der Waals surface area contributed by atoms with Crippen molar-refractivity contribution in [2.24, 2.45) is 0 Å². The molecule has 136 valence electrons. The highest BCUT2D eigenvalue weighted by Crippen LogP contribution is 2.31. The largest absolute Gasteiger partial charge is 0.478 e. The standard InChI is InChI=1S/C21H18N2O4/c24-19-15-8-1-2-9-16(15)20(25)18(23-10-3-4-11-23)17(19)22-14-7-5-6-13(12-14)21(26)27/h1-2,5-9,12,22H,3-4,10-11H2,(H,26,27). The average Bonchev–Trinajstić information content (AvgIpc) is 3.20. The van der Waals surface area contributed by atoms with E-state index < -0.39 is 5.97 Å². The van der Waals surface area contributed by atoms with E-state index in [0.29, 0.717) is 22.5 Å². The van der Waals surface area contributed by atoms with Crippen LogP contribution < -0.4 is 5.32 Å². The summed E-state index contributed by atoms with van der Waals surface area (Å²) in [6, 6.07) is 13.0. The fourth-order valence-corrected chi connectivity index (χ4v) is 3.60. The molecule has 1 fully saturated rings. The topological polar surface area (TPSA) is 86.7 Å². The number of carbonyl (C=O) groups excluding carboxylic acids is 2. The van der Waals surface area contributed by atoms with E-state index in [-0.39, 0.29) is 22.8 Å². The van der Waals surface area contributed by atoms with Crippen LogP contribution in [0.15, 0.2) is 59.9 Å². The first-order chi connectivity index (χ1) is 13.1. The minimum Gasteiger partial charge on any atom is -0.478 e. The van der Waals surface area contributed by atoms with Crippen LogP contribution in [0.25, 0.3) is 0 Å². The molecule has 0 amide bonds. The second-order valence-electron chi connectivity index (χ2n) is 6.63. The normalized spacial score (nSPS) is 16.5. The van der Waals surface area contributed by atoms with Crippen LogP contribution in [0.2, 0.25) is 0 Å². The SMILES string of the molecule is O=C(O)c1cccc(NC2=C(N3CCCC3)C(=O)c3ccccc3C2=O)c1. The predicted octanol–water partition coefficient (Wildman–Crippen LogP) is 3.18. The molecule has 1 saturated heterocycles. The third-order valence-electron chi connectivity index (χ3n) is 4.90. The van der Waals surface area contributed by atoms with Crippen LogP contribution in [-0.4, -0.2) is 40.6 Å². The Kier molecular flexibility index (Phi) is 4.24. The number of likely N-dealkylation sites (tertiary alicyclic amines) is 1. The quantitative estimate of drug-likeness (QED) is 0.869. The summed E-state index contributed by atoms with van der Waals surface area (Å²) >= 11 is 0. The van der Waals surface area contributed by atoms with Gasteiger partial charge in [-0.1, -0.05) is 30.3 Å². The Balaban J connectivity index is 1.82. The van der Waals surface area contributed by atoms with Crippen molar-refractivity contribution in [2.45, 2.75) is 12.8 Å². The van der Waals surface area contributed by atoms with Gasteiger partial charge in [-0.3, -0.25) is 9.59 Å². The van der Waals surface area contributed by atoms with Gasteiger partial charge in [-0.2, -0.15) is 0 Å². The van der Waals surface area contributed by atoms with Gasteiger partial charge in [0, 0.05) is 29.9 Å². The highest BCUT2D eigenvalue weighted by Gasteiger charge is 2.36. The van der Waals surface area contributed by atoms with Crippen LogP contribution >= 0.6 is 0 Å². The van der Waals surface area contributed by atoms with Gasteiger partial charge in [0.25, 0.3) is 0 Å². The molecule has 2 aromatic carbocycles. The monoisotopic (exact) mass is 362 g/mol. The number of carboxylic acid groups (broad SMARTS) is 1. The number of nitrogens with zero attached hydrogens (tertiary/aromatic N) is 1. The van der Waals surface area contributed by atoms with Crippen LogP contribution in [0.5, 0.6) is 0 Å². The van der Waals surface area contributed by atoms with E-state index in [1.165, 1.54) is 12.1 Å². The second kappa shape index (κ2) is 6.72. The first-order valence-electron chi connectivity index (χ1n) is 8.84. The maximum atomic E-state index is 13.1. The summed E-state index contributed by atoms with van der Waals surface area (Å²) in [5, 5.41) is 12.2. The van der Waals surface area contributed by atoms with Gasteiger partial charge < -0.3 is 15.3 Å². The summed E-state index contributed by atoms with van der Waals surface area (Å²) in [5.41, 5.74) is 1.93. The van der Waals surface area contributed by atoms with E-state index in [1.54, 1.807) is 36.4 Å². The van der Waals surface area contributed by atoms with Crippen LogP contribution in [0, 0.1) is 0 Å². The number of anilines is 1. The lowest BCUT2D eigenvalue weighted by molar-refractivity contribution is 0.0696. The molecule has 0 atom stereocenters. The molecule has 2 aliphatic rings. The van der Waals surface area contributed by atoms with E-state index in [2.05, 4.69) is 5.32 Å². The lowest BCUT2D eigenvalue weighted by Gasteiger charge is -2.28. The zero-order chi connectivity index (χ0) is 19.0. The molecule has 0 aromatic heterocycles. The molecular weight excluding hydrogens is 344 g/mol. The number of carboxylic acids is 1. The molecule has 27 heavy (non-hydrogen) atoms. The third-order valence-corrected chi connectivity index (χ3v) is 4.90. The molecule has 1 aliphatic heterocycles. The van der Waals surface area contributed by atoms with Gasteiger partial charge in [0.15, 0.2) is 0 Å².